The van der Waals surface area contributed by atoms with Crippen molar-refractivity contribution < 1.29 is 9.32 Å². The molecule has 0 aliphatic rings. The molecule has 0 atom stereocenters. The van der Waals surface area contributed by atoms with Gasteiger partial charge >= 0.3 is 0 Å². The zero-order valence-electron chi connectivity index (χ0n) is 10.5. The van der Waals surface area contributed by atoms with Crippen LogP contribution in [0, 0.1) is 6.92 Å². The van der Waals surface area contributed by atoms with E-state index in [2.05, 4.69) is 20.9 Å². The fraction of sp³-hybridized carbons (Fsp3) is 0.250. The van der Waals surface area contributed by atoms with Gasteiger partial charge in [0.1, 0.15) is 0 Å². The number of benzene rings is 1. The summed E-state index contributed by atoms with van der Waals surface area (Å²) in [5.41, 5.74) is 4.85. The Bertz CT molecular complexity index is 553. The van der Waals surface area contributed by atoms with Gasteiger partial charge in [0, 0.05) is 18.5 Å². The van der Waals surface area contributed by atoms with Crippen LogP contribution in [0.25, 0.3) is 0 Å². The standard InChI is InChI=1S/C12H15N5O2/c1-8-6-9(2-3-10(8)17-13)12(18)14-5-4-11-15-7-16-19-11/h2-3,6-7,17H,4-5,13H2,1H3,(H,14,18). The molecule has 19 heavy (non-hydrogen) atoms. The molecule has 1 aromatic heterocycles. The topological polar surface area (TPSA) is 106 Å². The number of nitrogens with one attached hydrogen (secondary N) is 2. The number of hydrogen-bond acceptors (Lipinski definition) is 6. The molecule has 4 N–H and O–H groups in total. The number of carbonyl (C=O) groups excluding carboxylic acids is 1. The van der Waals surface area contributed by atoms with Crippen LogP contribution in [0.4, 0.5) is 5.69 Å². The van der Waals surface area contributed by atoms with Crippen LogP contribution in [0.15, 0.2) is 29.0 Å². The summed E-state index contributed by atoms with van der Waals surface area (Å²) in [5.74, 6) is 5.69. The molecule has 7 heteroatoms. The lowest BCUT2D eigenvalue weighted by molar-refractivity contribution is 0.0953. The number of aromatic nitrogens is 2. The fourth-order valence-electron chi connectivity index (χ4n) is 1.66. The summed E-state index contributed by atoms with van der Waals surface area (Å²) in [4.78, 5) is 15.8. The van der Waals surface area contributed by atoms with E-state index in [9.17, 15) is 4.79 Å². The monoisotopic (exact) mass is 261 g/mol. The Kier molecular flexibility index (Phi) is 4.09. The summed E-state index contributed by atoms with van der Waals surface area (Å²) >= 11 is 0. The first-order chi connectivity index (χ1) is 9.20. The van der Waals surface area contributed by atoms with Crippen LogP contribution >= 0.6 is 0 Å². The van der Waals surface area contributed by atoms with Crippen molar-refractivity contribution in [1.82, 2.24) is 15.5 Å². The Hall–Kier alpha value is -2.41. The molecule has 7 nitrogen and oxygen atoms in total. The van der Waals surface area contributed by atoms with E-state index in [1.807, 2.05) is 6.92 Å². The molecule has 1 amide bonds. The van der Waals surface area contributed by atoms with Crippen molar-refractivity contribution in [1.29, 1.82) is 0 Å². The van der Waals surface area contributed by atoms with Crippen LogP contribution in [-0.2, 0) is 6.42 Å². The van der Waals surface area contributed by atoms with Crippen LogP contribution in [0.1, 0.15) is 21.8 Å². The minimum atomic E-state index is -0.147. The molecule has 1 heterocycles. The summed E-state index contributed by atoms with van der Waals surface area (Å²) in [6.45, 7) is 2.32. The molecule has 2 aromatic rings. The van der Waals surface area contributed by atoms with Gasteiger partial charge in [-0.2, -0.15) is 4.98 Å². The van der Waals surface area contributed by atoms with Crippen molar-refractivity contribution in [2.75, 3.05) is 12.0 Å². The van der Waals surface area contributed by atoms with Gasteiger partial charge in [0.05, 0.1) is 5.69 Å². The summed E-state index contributed by atoms with van der Waals surface area (Å²) in [6, 6.07) is 5.25. The second-order valence-corrected chi connectivity index (χ2v) is 4.01. The van der Waals surface area contributed by atoms with Gasteiger partial charge in [-0.25, -0.2) is 0 Å². The van der Waals surface area contributed by atoms with Crippen LogP contribution in [0.5, 0.6) is 0 Å². The van der Waals surface area contributed by atoms with Crippen LogP contribution < -0.4 is 16.6 Å². The summed E-state index contributed by atoms with van der Waals surface area (Å²) in [6.07, 6.45) is 1.84. The van der Waals surface area contributed by atoms with E-state index >= 15 is 0 Å². The summed E-state index contributed by atoms with van der Waals surface area (Å²) in [5, 5.41) is 6.27. The van der Waals surface area contributed by atoms with Crippen molar-refractivity contribution in [2.24, 2.45) is 5.84 Å². The highest BCUT2D eigenvalue weighted by Crippen LogP contribution is 2.15. The van der Waals surface area contributed by atoms with Crippen LogP contribution in [-0.4, -0.2) is 22.6 Å². The van der Waals surface area contributed by atoms with E-state index in [-0.39, 0.29) is 5.91 Å². The Labute approximate surface area is 110 Å². The second-order valence-electron chi connectivity index (χ2n) is 4.01. The zero-order chi connectivity index (χ0) is 13.7. The lowest BCUT2D eigenvalue weighted by Crippen LogP contribution is -2.26. The van der Waals surface area contributed by atoms with E-state index in [0.29, 0.717) is 24.4 Å². The number of nitrogens with two attached hydrogens (primary N) is 1. The number of amides is 1. The molecule has 0 aliphatic carbocycles. The van der Waals surface area contributed by atoms with Gasteiger partial charge in [-0.15, -0.1) is 0 Å². The first kappa shape index (κ1) is 13.0. The molecule has 0 radical (unpaired) electrons. The van der Waals surface area contributed by atoms with Crippen molar-refractivity contribution >= 4 is 11.6 Å². The molecule has 1 aromatic carbocycles. The maximum Gasteiger partial charge on any atom is 0.251 e. The first-order valence-corrected chi connectivity index (χ1v) is 5.81. The fourth-order valence-corrected chi connectivity index (χ4v) is 1.66. The van der Waals surface area contributed by atoms with Crippen molar-refractivity contribution in [3.63, 3.8) is 0 Å². The highest BCUT2D eigenvalue weighted by atomic mass is 16.5. The van der Waals surface area contributed by atoms with Crippen molar-refractivity contribution in [3.8, 4) is 0 Å². The Morgan fingerprint density at radius 2 is 2.32 bits per heavy atom. The van der Waals surface area contributed by atoms with Gasteiger partial charge in [0.25, 0.3) is 5.91 Å². The second kappa shape index (κ2) is 5.96. The molecule has 0 saturated carbocycles. The number of hydrazine groups is 1. The maximum atomic E-state index is 11.9. The normalized spacial score (nSPS) is 10.2. The number of nitrogens with zero attached hydrogens (tertiary/aromatic N) is 2. The maximum absolute atomic E-state index is 11.9. The average Bonchev–Trinajstić information content (AvgIpc) is 2.91. The molecule has 0 bridgehead atoms. The van der Waals surface area contributed by atoms with Crippen LogP contribution in [0.2, 0.25) is 0 Å². The third-order valence-electron chi connectivity index (χ3n) is 2.68. The number of hydrogen-bond donors (Lipinski definition) is 3. The molecule has 100 valence electrons. The van der Waals surface area contributed by atoms with Gasteiger partial charge in [-0.1, -0.05) is 5.16 Å². The lowest BCUT2D eigenvalue weighted by atomic mass is 10.1. The van der Waals surface area contributed by atoms with Gasteiger partial charge < -0.3 is 15.3 Å². The summed E-state index contributed by atoms with van der Waals surface area (Å²) < 4.78 is 4.84. The zero-order valence-corrected chi connectivity index (χ0v) is 10.5. The van der Waals surface area contributed by atoms with E-state index in [4.69, 9.17) is 10.4 Å². The van der Waals surface area contributed by atoms with Gasteiger partial charge in [0.2, 0.25) is 5.89 Å². The average molecular weight is 261 g/mol. The minimum Gasteiger partial charge on any atom is -0.352 e. The van der Waals surface area contributed by atoms with E-state index in [0.717, 1.165) is 11.3 Å². The van der Waals surface area contributed by atoms with E-state index < -0.39 is 0 Å². The van der Waals surface area contributed by atoms with Gasteiger partial charge in [-0.3, -0.25) is 10.6 Å². The molecule has 0 unspecified atom stereocenters. The Morgan fingerprint density at radius 3 is 2.95 bits per heavy atom. The SMILES string of the molecule is Cc1cc(C(=O)NCCc2ncno2)ccc1NN. The highest BCUT2D eigenvalue weighted by Gasteiger charge is 2.07. The third-order valence-corrected chi connectivity index (χ3v) is 2.68. The molecular weight excluding hydrogens is 246 g/mol. The predicted octanol–water partition coefficient (Wildman–Crippen LogP) is 0.636. The molecule has 0 fully saturated rings. The lowest BCUT2D eigenvalue weighted by Gasteiger charge is -2.08. The quantitative estimate of drug-likeness (QED) is 0.538. The smallest absolute Gasteiger partial charge is 0.251 e. The highest BCUT2D eigenvalue weighted by molar-refractivity contribution is 5.94. The molecule has 0 saturated heterocycles. The number of anilines is 1. The number of carbonyl (C=O) groups is 1. The van der Waals surface area contributed by atoms with Gasteiger partial charge in [0.15, 0.2) is 6.33 Å². The largest absolute Gasteiger partial charge is 0.352 e. The number of rotatable bonds is 5. The van der Waals surface area contributed by atoms with E-state index in [1.165, 1.54) is 6.33 Å². The predicted molar refractivity (Wildman–Crippen MR) is 69.3 cm³/mol. The molecule has 0 spiro atoms. The first-order valence-electron chi connectivity index (χ1n) is 5.81. The molecule has 2 rings (SSSR count). The third kappa shape index (κ3) is 3.29. The minimum absolute atomic E-state index is 0.147. The van der Waals surface area contributed by atoms with E-state index in [1.54, 1.807) is 18.2 Å². The number of aryl methyl sites for hydroxylation is 1. The van der Waals surface area contributed by atoms with Crippen molar-refractivity contribution in [3.05, 3.63) is 41.5 Å². The Balaban J connectivity index is 1.91. The van der Waals surface area contributed by atoms with Crippen LogP contribution in [0.3, 0.4) is 0 Å². The Morgan fingerprint density at radius 1 is 1.47 bits per heavy atom. The van der Waals surface area contributed by atoms with Crippen molar-refractivity contribution in [2.45, 2.75) is 13.3 Å². The summed E-state index contributed by atoms with van der Waals surface area (Å²) in [7, 11) is 0. The molecule has 0 aliphatic heterocycles. The number of nitrogen functional groups attached to an aromatic ring is 1. The van der Waals surface area contributed by atoms with Gasteiger partial charge in [-0.05, 0) is 30.7 Å². The molecular formula is C12H15N5O2.